The van der Waals surface area contributed by atoms with Crippen molar-refractivity contribution in [2.24, 2.45) is 4.99 Å². The highest BCUT2D eigenvalue weighted by Gasteiger charge is 2.33. The molecule has 0 amide bonds. The van der Waals surface area contributed by atoms with Gasteiger partial charge >= 0.3 is 0 Å². The molecule has 3 heterocycles. The maximum Gasteiger partial charge on any atom is 0.193 e. The first-order valence-corrected chi connectivity index (χ1v) is 11.5. The van der Waals surface area contributed by atoms with Crippen molar-refractivity contribution in [3.05, 3.63) is 22.4 Å². The van der Waals surface area contributed by atoms with Crippen LogP contribution in [0.2, 0.25) is 0 Å². The Morgan fingerprint density at radius 1 is 1.30 bits per heavy atom. The van der Waals surface area contributed by atoms with Gasteiger partial charge in [-0.3, -0.25) is 9.89 Å². The summed E-state index contributed by atoms with van der Waals surface area (Å²) in [7, 11) is 1.91. The molecule has 0 unspecified atom stereocenters. The molecule has 0 aliphatic carbocycles. The third-order valence-corrected chi connectivity index (χ3v) is 7.58. The molecule has 0 radical (unpaired) electrons. The number of nitrogens with one attached hydrogen (secondary N) is 1. The van der Waals surface area contributed by atoms with Gasteiger partial charge in [0, 0.05) is 69.2 Å². The molecule has 5 nitrogen and oxygen atoms in total. The summed E-state index contributed by atoms with van der Waals surface area (Å²) >= 11 is 3.93. The second-order valence-electron chi connectivity index (χ2n) is 6.97. The zero-order valence-corrected chi connectivity index (χ0v) is 20.4. The molecule has 2 aliphatic heterocycles. The first-order valence-electron chi connectivity index (χ1n) is 9.67. The summed E-state index contributed by atoms with van der Waals surface area (Å²) in [5, 5.41) is 5.84. The van der Waals surface area contributed by atoms with Gasteiger partial charge in [0.05, 0.1) is 0 Å². The van der Waals surface area contributed by atoms with Gasteiger partial charge in [0.25, 0.3) is 0 Å². The molecule has 2 saturated heterocycles. The van der Waals surface area contributed by atoms with Gasteiger partial charge in [0.15, 0.2) is 5.96 Å². The van der Waals surface area contributed by atoms with E-state index in [9.17, 15) is 0 Å². The average Bonchev–Trinajstić information content (AvgIpc) is 3.17. The van der Waals surface area contributed by atoms with Crippen LogP contribution in [0.3, 0.4) is 0 Å². The Hall–Kier alpha value is -0.0300. The Bertz CT molecular complexity index is 551. The summed E-state index contributed by atoms with van der Waals surface area (Å²) in [6.07, 6.45) is 2.26. The second-order valence-corrected chi connectivity index (χ2v) is 9.74. The molecule has 27 heavy (non-hydrogen) atoms. The van der Waals surface area contributed by atoms with E-state index >= 15 is 0 Å². The Kier molecular flexibility index (Phi) is 10.2. The normalized spacial score (nSPS) is 21.0. The van der Waals surface area contributed by atoms with Crippen molar-refractivity contribution in [1.29, 1.82) is 0 Å². The minimum absolute atomic E-state index is 0. The molecule has 1 N–H and O–H groups in total. The number of hydrogen-bond acceptors (Lipinski definition) is 5. The maximum atomic E-state index is 5.59. The number of hydrogen-bond donors (Lipinski definition) is 1. The zero-order chi connectivity index (χ0) is 18.2. The first kappa shape index (κ1) is 23.3. The lowest BCUT2D eigenvalue weighted by Gasteiger charge is -2.40. The maximum absolute atomic E-state index is 5.59. The third kappa shape index (κ3) is 6.76. The summed E-state index contributed by atoms with van der Waals surface area (Å²) in [6.45, 7) is 10.4. The van der Waals surface area contributed by atoms with Crippen molar-refractivity contribution in [2.45, 2.75) is 31.1 Å². The molecule has 0 saturated carbocycles. The minimum Gasteiger partial charge on any atom is -0.381 e. The van der Waals surface area contributed by atoms with Crippen LogP contribution in [-0.4, -0.2) is 79.2 Å². The number of thiophene rings is 1. The van der Waals surface area contributed by atoms with Crippen LogP contribution < -0.4 is 5.32 Å². The van der Waals surface area contributed by atoms with Crippen LogP contribution in [0.15, 0.2) is 22.5 Å². The predicted octanol–water partition coefficient (Wildman–Crippen LogP) is 3.36. The van der Waals surface area contributed by atoms with Crippen molar-refractivity contribution < 1.29 is 4.74 Å². The average molecular weight is 525 g/mol. The molecule has 0 spiro atoms. The van der Waals surface area contributed by atoms with Crippen LogP contribution in [0.5, 0.6) is 0 Å². The van der Waals surface area contributed by atoms with Crippen molar-refractivity contribution in [3.8, 4) is 0 Å². The van der Waals surface area contributed by atoms with Gasteiger partial charge in [-0.25, -0.2) is 0 Å². The number of rotatable bonds is 6. The van der Waals surface area contributed by atoms with E-state index in [1.165, 1.54) is 4.88 Å². The Labute approximate surface area is 189 Å². The summed E-state index contributed by atoms with van der Waals surface area (Å²) in [5.41, 5.74) is 0. The number of nitrogens with zero attached hydrogens (tertiary/aromatic N) is 3. The molecule has 1 aromatic heterocycles. The van der Waals surface area contributed by atoms with Gasteiger partial charge in [0.2, 0.25) is 0 Å². The van der Waals surface area contributed by atoms with Crippen LogP contribution in [-0.2, 0) is 11.3 Å². The van der Waals surface area contributed by atoms with Crippen LogP contribution in [0.4, 0.5) is 0 Å². The van der Waals surface area contributed by atoms with Gasteiger partial charge in [0.1, 0.15) is 0 Å². The van der Waals surface area contributed by atoms with Crippen LogP contribution >= 0.6 is 47.1 Å². The van der Waals surface area contributed by atoms with Crippen LogP contribution in [0.25, 0.3) is 0 Å². The van der Waals surface area contributed by atoms with Crippen LogP contribution in [0.1, 0.15) is 24.6 Å². The number of ether oxygens (including phenoxy) is 1. The molecule has 8 heteroatoms. The number of thioether (sulfide) groups is 1. The molecule has 154 valence electrons. The molecule has 2 aliphatic rings. The van der Waals surface area contributed by atoms with Gasteiger partial charge in [-0.1, -0.05) is 13.0 Å². The van der Waals surface area contributed by atoms with Gasteiger partial charge in [-0.2, -0.15) is 11.8 Å². The lowest BCUT2D eigenvalue weighted by molar-refractivity contribution is 0.0779. The molecule has 0 bridgehead atoms. The lowest BCUT2D eigenvalue weighted by atomic mass is 9.99. The number of guanidine groups is 1. The monoisotopic (exact) mass is 524 g/mol. The summed E-state index contributed by atoms with van der Waals surface area (Å²) < 4.78 is 5.88. The Morgan fingerprint density at radius 3 is 2.63 bits per heavy atom. The van der Waals surface area contributed by atoms with E-state index in [0.717, 1.165) is 77.0 Å². The van der Waals surface area contributed by atoms with Crippen molar-refractivity contribution >= 4 is 53.0 Å². The topological polar surface area (TPSA) is 40.1 Å². The van der Waals surface area contributed by atoms with Crippen LogP contribution in [0, 0.1) is 0 Å². The number of piperazine rings is 1. The predicted molar refractivity (Wildman–Crippen MR) is 129 cm³/mol. The Balaban J connectivity index is 0.00000261. The fourth-order valence-corrected chi connectivity index (χ4v) is 5.72. The highest BCUT2D eigenvalue weighted by Crippen LogP contribution is 2.34. The molecule has 1 aromatic rings. The molecular weight excluding hydrogens is 491 g/mol. The van der Waals surface area contributed by atoms with Crippen molar-refractivity contribution in [1.82, 2.24) is 15.1 Å². The SMILES string of the molecule is CCSC1(CNC(=NC)N2CCN(Cc3cccs3)CC2)CCOCC1.I. The standard InChI is InChI=1S/C19H32N4OS2.HI/c1-3-26-19(6-12-24-13-7-19)16-21-18(20-2)23-10-8-22(9-11-23)15-17-5-4-14-25-17;/h4-5,14H,3,6-13,15-16H2,1-2H3,(H,20,21);1H. The van der Waals surface area contributed by atoms with E-state index in [0.29, 0.717) is 4.75 Å². The zero-order valence-electron chi connectivity index (χ0n) is 16.5. The van der Waals surface area contributed by atoms with Gasteiger partial charge < -0.3 is 15.0 Å². The first-order chi connectivity index (χ1) is 12.7. The largest absolute Gasteiger partial charge is 0.381 e. The minimum atomic E-state index is 0. The molecule has 2 fully saturated rings. The summed E-state index contributed by atoms with van der Waals surface area (Å²) in [5.74, 6) is 2.21. The van der Waals surface area contributed by atoms with Gasteiger partial charge in [-0.05, 0) is 30.0 Å². The number of halogens is 1. The molecule has 3 rings (SSSR count). The summed E-state index contributed by atoms with van der Waals surface area (Å²) in [4.78, 5) is 11.0. The number of aliphatic imine (C=N–C) groups is 1. The van der Waals surface area contributed by atoms with E-state index < -0.39 is 0 Å². The second kappa shape index (κ2) is 11.8. The molecule has 0 atom stereocenters. The van der Waals surface area contributed by atoms with E-state index in [4.69, 9.17) is 4.74 Å². The fraction of sp³-hybridized carbons (Fsp3) is 0.737. The van der Waals surface area contributed by atoms with E-state index in [1.807, 2.05) is 18.4 Å². The lowest BCUT2D eigenvalue weighted by Crippen LogP contribution is -2.54. The van der Waals surface area contributed by atoms with E-state index in [1.54, 1.807) is 0 Å². The highest BCUT2D eigenvalue weighted by atomic mass is 127. The third-order valence-electron chi connectivity index (χ3n) is 5.27. The molecule has 0 aromatic carbocycles. The fourth-order valence-electron chi connectivity index (χ4n) is 3.73. The van der Waals surface area contributed by atoms with Crippen molar-refractivity contribution in [2.75, 3.05) is 58.7 Å². The van der Waals surface area contributed by atoms with E-state index in [-0.39, 0.29) is 24.0 Å². The van der Waals surface area contributed by atoms with Crippen molar-refractivity contribution in [3.63, 3.8) is 0 Å². The van der Waals surface area contributed by atoms with Gasteiger partial charge in [-0.15, -0.1) is 35.3 Å². The smallest absolute Gasteiger partial charge is 0.193 e. The Morgan fingerprint density at radius 2 is 2.04 bits per heavy atom. The molecular formula is C19H33IN4OS2. The highest BCUT2D eigenvalue weighted by molar-refractivity contribution is 14.0. The quantitative estimate of drug-likeness (QED) is 0.351. The van der Waals surface area contributed by atoms with E-state index in [2.05, 4.69) is 56.3 Å². The summed E-state index contributed by atoms with van der Waals surface area (Å²) in [6, 6.07) is 4.37.